The number of hydrogen-bond donors (Lipinski definition) is 3. The van der Waals surface area contributed by atoms with Gasteiger partial charge in [-0.1, -0.05) is 26.8 Å². The average molecular weight is 384 g/mol. The van der Waals surface area contributed by atoms with E-state index in [-0.39, 0.29) is 12.0 Å². The molecule has 0 aliphatic heterocycles. The molecule has 0 aromatic carbocycles. The molecule has 0 spiro atoms. The molecule has 0 atom stereocenters. The molecule has 118 valence electrons. The number of amides is 1. The summed E-state index contributed by atoms with van der Waals surface area (Å²) in [6.45, 7) is 6.51. The summed E-state index contributed by atoms with van der Waals surface area (Å²) in [6, 6.07) is 0. The molecule has 0 aliphatic carbocycles. The molecule has 0 aliphatic rings. The Morgan fingerprint density at radius 1 is 1.55 bits per heavy atom. The third kappa shape index (κ3) is 3.41. The summed E-state index contributed by atoms with van der Waals surface area (Å²) in [5.74, 6) is 0.490. The number of rotatable bonds is 3. The van der Waals surface area contributed by atoms with Crippen LogP contribution < -0.4 is 11.1 Å². The maximum absolute atomic E-state index is 10.7. The molecule has 0 bridgehead atoms. The van der Waals surface area contributed by atoms with Crippen LogP contribution in [0, 0.1) is 5.41 Å². The minimum atomic E-state index is -1.04. The molecule has 2 rings (SSSR count). The molecule has 2 heterocycles. The number of halogens is 1. The van der Waals surface area contributed by atoms with Gasteiger partial charge >= 0.3 is 6.09 Å². The van der Waals surface area contributed by atoms with Gasteiger partial charge in [0, 0.05) is 38.2 Å². The van der Waals surface area contributed by atoms with Crippen molar-refractivity contribution < 1.29 is 9.90 Å². The van der Waals surface area contributed by atoms with Crippen molar-refractivity contribution in [3.8, 4) is 0 Å². The van der Waals surface area contributed by atoms with E-state index in [1.807, 2.05) is 11.5 Å². The Bertz CT molecular complexity index is 747. The Morgan fingerprint density at radius 2 is 2.23 bits per heavy atom. The Labute approximate surface area is 141 Å². The lowest BCUT2D eigenvalue weighted by Gasteiger charge is -2.24. The molecule has 5 nitrogen and oxygen atoms in total. The number of nitrogens with zero attached hydrogens (tertiary/aromatic N) is 1. The van der Waals surface area contributed by atoms with Gasteiger partial charge in [-0.25, -0.2) is 9.78 Å². The number of hydrogen-bond acceptors (Lipinski definition) is 4. The minimum Gasteiger partial charge on any atom is -0.465 e. The van der Waals surface area contributed by atoms with Crippen LogP contribution in [0.5, 0.6) is 0 Å². The predicted molar refractivity (Wildman–Crippen MR) is 95.2 cm³/mol. The fourth-order valence-corrected chi connectivity index (χ4v) is 4.06. The summed E-state index contributed by atoms with van der Waals surface area (Å²) in [4.78, 5) is 14.9. The van der Waals surface area contributed by atoms with Gasteiger partial charge in [-0.05, 0) is 26.9 Å². The van der Waals surface area contributed by atoms with Crippen molar-refractivity contribution in [3.63, 3.8) is 0 Å². The third-order valence-electron chi connectivity index (χ3n) is 3.24. The SMILES string of the molecule is CC(C)(C)/C(=C\CNC(=O)O)c1cnc(N)c2c(Br)csc12. The van der Waals surface area contributed by atoms with E-state index in [2.05, 4.69) is 47.0 Å². The monoisotopic (exact) mass is 383 g/mol. The minimum absolute atomic E-state index is 0.151. The summed E-state index contributed by atoms with van der Waals surface area (Å²) in [6.07, 6.45) is 2.62. The highest BCUT2D eigenvalue weighted by molar-refractivity contribution is 9.10. The van der Waals surface area contributed by atoms with E-state index in [4.69, 9.17) is 10.8 Å². The maximum Gasteiger partial charge on any atom is 0.404 e. The van der Waals surface area contributed by atoms with E-state index < -0.39 is 6.09 Å². The van der Waals surface area contributed by atoms with Gasteiger partial charge in [-0.15, -0.1) is 11.3 Å². The van der Waals surface area contributed by atoms with E-state index >= 15 is 0 Å². The van der Waals surface area contributed by atoms with Crippen LogP contribution in [0.1, 0.15) is 26.3 Å². The van der Waals surface area contributed by atoms with Crippen LogP contribution in [-0.4, -0.2) is 22.7 Å². The Morgan fingerprint density at radius 3 is 2.82 bits per heavy atom. The average Bonchev–Trinajstić information content (AvgIpc) is 2.78. The Hall–Kier alpha value is -1.60. The number of carbonyl (C=O) groups is 1. The van der Waals surface area contributed by atoms with Crippen LogP contribution in [0.25, 0.3) is 15.7 Å². The zero-order chi connectivity index (χ0) is 16.5. The number of nitrogen functional groups attached to an aromatic ring is 1. The summed E-state index contributed by atoms with van der Waals surface area (Å²) >= 11 is 5.10. The van der Waals surface area contributed by atoms with Gasteiger partial charge in [0.05, 0.1) is 0 Å². The molecular weight excluding hydrogens is 366 g/mol. The molecular formula is C15H18BrN3O2S. The van der Waals surface area contributed by atoms with Crippen LogP contribution in [0.2, 0.25) is 0 Å². The van der Waals surface area contributed by atoms with E-state index in [9.17, 15) is 4.79 Å². The highest BCUT2D eigenvalue weighted by Crippen LogP contribution is 2.42. The number of allylic oxidation sites excluding steroid dienone is 1. The second kappa shape index (κ2) is 6.26. The summed E-state index contributed by atoms with van der Waals surface area (Å²) in [5, 5.41) is 14.0. The van der Waals surface area contributed by atoms with Gasteiger partial charge < -0.3 is 16.2 Å². The van der Waals surface area contributed by atoms with Crippen LogP contribution in [0.15, 0.2) is 22.1 Å². The lowest BCUT2D eigenvalue weighted by atomic mass is 9.82. The number of carboxylic acid groups (broad SMARTS) is 1. The van der Waals surface area contributed by atoms with Gasteiger partial charge in [-0.2, -0.15) is 0 Å². The Balaban J connectivity index is 2.58. The fourth-order valence-electron chi connectivity index (χ4n) is 2.28. The molecule has 0 saturated heterocycles. The zero-order valence-electron chi connectivity index (χ0n) is 12.6. The second-order valence-electron chi connectivity index (χ2n) is 5.90. The van der Waals surface area contributed by atoms with Gasteiger partial charge in [0.15, 0.2) is 0 Å². The highest BCUT2D eigenvalue weighted by Gasteiger charge is 2.22. The van der Waals surface area contributed by atoms with Crippen molar-refractivity contribution in [1.82, 2.24) is 10.3 Å². The first kappa shape index (κ1) is 16.8. The van der Waals surface area contributed by atoms with Gasteiger partial charge in [0.2, 0.25) is 0 Å². The number of fused-ring (bicyclic) bond motifs is 1. The molecule has 22 heavy (non-hydrogen) atoms. The number of anilines is 1. The number of nitrogens with one attached hydrogen (secondary N) is 1. The molecule has 2 aromatic heterocycles. The van der Waals surface area contributed by atoms with E-state index in [1.165, 1.54) is 0 Å². The molecule has 4 N–H and O–H groups in total. The first-order valence-corrected chi connectivity index (χ1v) is 8.38. The largest absolute Gasteiger partial charge is 0.465 e. The first-order valence-electron chi connectivity index (χ1n) is 6.70. The number of aromatic nitrogens is 1. The van der Waals surface area contributed by atoms with Crippen molar-refractivity contribution in [2.24, 2.45) is 5.41 Å². The third-order valence-corrected chi connectivity index (χ3v) is 5.18. The highest BCUT2D eigenvalue weighted by atomic mass is 79.9. The quantitative estimate of drug-likeness (QED) is 0.735. The van der Waals surface area contributed by atoms with E-state index in [0.29, 0.717) is 5.82 Å². The molecule has 1 amide bonds. The topological polar surface area (TPSA) is 88.2 Å². The van der Waals surface area contributed by atoms with Gasteiger partial charge in [-0.3, -0.25) is 0 Å². The molecule has 7 heteroatoms. The number of nitrogens with two attached hydrogens (primary N) is 1. The molecule has 0 unspecified atom stereocenters. The van der Waals surface area contributed by atoms with Crippen molar-refractivity contribution in [1.29, 1.82) is 0 Å². The van der Waals surface area contributed by atoms with Crippen molar-refractivity contribution >= 4 is 54.8 Å². The Kier molecular flexibility index (Phi) is 4.77. The molecule has 0 fully saturated rings. The van der Waals surface area contributed by atoms with Crippen LogP contribution >= 0.6 is 27.3 Å². The molecule has 0 radical (unpaired) electrons. The van der Waals surface area contributed by atoms with Crippen molar-refractivity contribution in [2.45, 2.75) is 20.8 Å². The predicted octanol–water partition coefficient (Wildman–Crippen LogP) is 4.34. The van der Waals surface area contributed by atoms with Gasteiger partial charge in [0.25, 0.3) is 0 Å². The first-order chi connectivity index (χ1) is 10.2. The number of thiophene rings is 1. The standard InChI is InChI=1S/C15H18BrN3O2S/c1-15(2,3)9(4-5-18-14(20)21)8-6-19-13(17)11-10(16)7-22-12(8)11/h4,6-7,18H,5H2,1-3H3,(H2,17,19)(H,20,21)/b9-4-. The summed E-state index contributed by atoms with van der Waals surface area (Å²) < 4.78 is 1.98. The maximum atomic E-state index is 10.7. The van der Waals surface area contributed by atoms with Crippen LogP contribution in [0.3, 0.4) is 0 Å². The summed E-state index contributed by atoms with van der Waals surface area (Å²) in [5.41, 5.74) is 7.85. The van der Waals surface area contributed by atoms with E-state index in [1.54, 1.807) is 17.5 Å². The van der Waals surface area contributed by atoms with Crippen LogP contribution in [0.4, 0.5) is 10.6 Å². The lowest BCUT2D eigenvalue weighted by Crippen LogP contribution is -2.21. The smallest absolute Gasteiger partial charge is 0.404 e. The van der Waals surface area contributed by atoms with Crippen LogP contribution in [-0.2, 0) is 0 Å². The lowest BCUT2D eigenvalue weighted by molar-refractivity contribution is 0.195. The number of pyridine rings is 1. The second-order valence-corrected chi connectivity index (χ2v) is 7.63. The van der Waals surface area contributed by atoms with Crippen molar-refractivity contribution in [3.05, 3.63) is 27.7 Å². The zero-order valence-corrected chi connectivity index (χ0v) is 15.0. The molecule has 2 aromatic rings. The fraction of sp³-hybridized carbons (Fsp3) is 0.333. The summed E-state index contributed by atoms with van der Waals surface area (Å²) in [7, 11) is 0. The molecule has 0 saturated carbocycles. The normalized spacial score (nSPS) is 12.6. The van der Waals surface area contributed by atoms with Crippen molar-refractivity contribution in [2.75, 3.05) is 12.3 Å². The van der Waals surface area contributed by atoms with Gasteiger partial charge in [0.1, 0.15) is 5.82 Å². The van der Waals surface area contributed by atoms with E-state index in [0.717, 1.165) is 25.7 Å².